The average molecular weight is 197 g/mol. The third-order valence-corrected chi connectivity index (χ3v) is 2.51. The van der Waals surface area contributed by atoms with E-state index >= 15 is 0 Å². The molecule has 1 aromatic carbocycles. The molecule has 0 spiro atoms. The van der Waals surface area contributed by atoms with Gasteiger partial charge < -0.3 is 15.5 Å². The van der Waals surface area contributed by atoms with Gasteiger partial charge in [-0.1, -0.05) is 12.1 Å². The minimum atomic E-state index is -0.819. The lowest BCUT2D eigenvalue weighted by Gasteiger charge is -2.16. The average Bonchev–Trinajstić information content (AvgIpc) is 2.50. The normalized spacial score (nSPS) is 32.1. The van der Waals surface area contributed by atoms with Crippen LogP contribution >= 0.6 is 0 Å². The molecule has 76 valence electrons. The van der Waals surface area contributed by atoms with E-state index < -0.39 is 12.2 Å². The smallest absolute Gasteiger partial charge is 0.123 e. The molecule has 14 heavy (non-hydrogen) atoms. The van der Waals surface area contributed by atoms with Crippen molar-refractivity contribution >= 4 is 0 Å². The first-order valence-corrected chi connectivity index (χ1v) is 4.53. The lowest BCUT2D eigenvalue weighted by Crippen LogP contribution is -2.25. The van der Waals surface area contributed by atoms with Crippen LogP contribution in [-0.4, -0.2) is 29.0 Å². The zero-order valence-corrected chi connectivity index (χ0v) is 7.52. The number of benzene rings is 1. The van der Waals surface area contributed by atoms with Crippen molar-refractivity contribution in [2.75, 3.05) is 6.54 Å². The predicted molar refractivity (Wildman–Crippen MR) is 49.2 cm³/mol. The number of β-amino-alcohol motifs (C(OH)–C–C–N with tert-alkyl or cyclic N) is 1. The number of hydrogen-bond donors (Lipinski definition) is 3. The largest absolute Gasteiger partial charge is 0.389 e. The molecule has 3 nitrogen and oxygen atoms in total. The van der Waals surface area contributed by atoms with Crippen LogP contribution in [0.25, 0.3) is 0 Å². The summed E-state index contributed by atoms with van der Waals surface area (Å²) in [4.78, 5) is 0. The van der Waals surface area contributed by atoms with E-state index in [1.807, 2.05) is 0 Å². The van der Waals surface area contributed by atoms with Gasteiger partial charge in [-0.3, -0.25) is 0 Å². The van der Waals surface area contributed by atoms with E-state index in [4.69, 9.17) is 0 Å². The molecule has 0 unspecified atom stereocenters. The molecule has 4 heteroatoms. The van der Waals surface area contributed by atoms with Crippen molar-refractivity contribution < 1.29 is 14.6 Å². The number of hydrogen-bond acceptors (Lipinski definition) is 3. The fraction of sp³-hybridized carbons (Fsp3) is 0.400. The Morgan fingerprint density at radius 1 is 1.21 bits per heavy atom. The van der Waals surface area contributed by atoms with E-state index in [1.54, 1.807) is 12.1 Å². The number of halogens is 1. The Labute approximate surface area is 81.2 Å². The van der Waals surface area contributed by atoms with Gasteiger partial charge in [-0.25, -0.2) is 4.39 Å². The minimum absolute atomic E-state index is 0.300. The summed E-state index contributed by atoms with van der Waals surface area (Å²) in [5.74, 6) is -0.304. The summed E-state index contributed by atoms with van der Waals surface area (Å²) in [5, 5.41) is 21.8. The standard InChI is InChI=1S/C10H12FNO2/c11-7-3-1-6(2-4-7)9-10(14)8(13)5-12-9/h1-4,8-10,12-14H,5H2/t8-,9-,10+/m1/s1. The van der Waals surface area contributed by atoms with E-state index in [0.717, 1.165) is 5.56 Å². The van der Waals surface area contributed by atoms with Crippen molar-refractivity contribution in [2.24, 2.45) is 0 Å². The topological polar surface area (TPSA) is 52.5 Å². The molecule has 3 atom stereocenters. The third-order valence-electron chi connectivity index (χ3n) is 2.51. The van der Waals surface area contributed by atoms with Gasteiger partial charge in [-0.15, -0.1) is 0 Å². The lowest BCUT2D eigenvalue weighted by molar-refractivity contribution is 0.0404. The van der Waals surface area contributed by atoms with Gasteiger partial charge >= 0.3 is 0 Å². The van der Waals surface area contributed by atoms with Gasteiger partial charge in [0.1, 0.15) is 11.9 Å². The van der Waals surface area contributed by atoms with Crippen LogP contribution in [0.2, 0.25) is 0 Å². The van der Waals surface area contributed by atoms with Crippen molar-refractivity contribution in [1.29, 1.82) is 0 Å². The summed E-state index contributed by atoms with van der Waals surface area (Å²) in [7, 11) is 0. The van der Waals surface area contributed by atoms with Gasteiger partial charge in [0.15, 0.2) is 0 Å². The molecule has 1 heterocycles. The van der Waals surface area contributed by atoms with Gasteiger partial charge in [-0.05, 0) is 17.7 Å². The molecule has 1 aliphatic heterocycles. The van der Waals surface area contributed by atoms with Gasteiger partial charge in [0.25, 0.3) is 0 Å². The quantitative estimate of drug-likeness (QED) is 0.602. The van der Waals surface area contributed by atoms with Crippen LogP contribution in [0.5, 0.6) is 0 Å². The van der Waals surface area contributed by atoms with Gasteiger partial charge in [0.2, 0.25) is 0 Å². The number of rotatable bonds is 1. The highest BCUT2D eigenvalue weighted by Crippen LogP contribution is 2.23. The second kappa shape index (κ2) is 3.65. The minimum Gasteiger partial charge on any atom is -0.389 e. The Morgan fingerprint density at radius 3 is 2.36 bits per heavy atom. The summed E-state index contributed by atoms with van der Waals surface area (Å²) in [6.07, 6.45) is -1.56. The van der Waals surface area contributed by atoms with Crippen molar-refractivity contribution in [3.63, 3.8) is 0 Å². The highest BCUT2D eigenvalue weighted by molar-refractivity contribution is 5.22. The van der Waals surface area contributed by atoms with Crippen LogP contribution in [0.15, 0.2) is 24.3 Å². The maximum absolute atomic E-state index is 12.6. The van der Waals surface area contributed by atoms with Crippen LogP contribution in [0.3, 0.4) is 0 Å². The summed E-state index contributed by atoms with van der Waals surface area (Å²) in [6.45, 7) is 0.364. The van der Waals surface area contributed by atoms with E-state index in [-0.39, 0.29) is 11.9 Å². The number of aliphatic hydroxyl groups excluding tert-OH is 2. The molecular formula is C10H12FNO2. The van der Waals surface area contributed by atoms with Gasteiger partial charge in [0.05, 0.1) is 12.1 Å². The van der Waals surface area contributed by atoms with Crippen LogP contribution in [0.1, 0.15) is 11.6 Å². The predicted octanol–water partition coefficient (Wildman–Crippen LogP) is 0.192. The highest BCUT2D eigenvalue weighted by Gasteiger charge is 2.33. The first kappa shape index (κ1) is 9.58. The Kier molecular flexibility index (Phi) is 2.50. The molecule has 1 aliphatic rings. The zero-order valence-electron chi connectivity index (χ0n) is 7.52. The van der Waals surface area contributed by atoms with Crippen LogP contribution in [-0.2, 0) is 0 Å². The van der Waals surface area contributed by atoms with E-state index in [9.17, 15) is 14.6 Å². The Hall–Kier alpha value is -0.970. The summed E-state index contributed by atoms with van der Waals surface area (Å²) < 4.78 is 12.6. The van der Waals surface area contributed by atoms with Gasteiger partial charge in [-0.2, -0.15) is 0 Å². The summed E-state index contributed by atoms with van der Waals surface area (Å²) in [6, 6.07) is 5.59. The fourth-order valence-electron chi connectivity index (χ4n) is 1.70. The number of aliphatic hydroxyl groups is 2. The van der Waals surface area contributed by atoms with E-state index in [2.05, 4.69) is 5.32 Å². The Morgan fingerprint density at radius 2 is 1.86 bits per heavy atom. The summed E-state index contributed by atoms with van der Waals surface area (Å²) >= 11 is 0. The molecular weight excluding hydrogens is 185 g/mol. The molecule has 2 rings (SSSR count). The Bertz CT molecular complexity index is 314. The molecule has 0 saturated carbocycles. The van der Waals surface area contributed by atoms with Crippen molar-refractivity contribution in [3.05, 3.63) is 35.6 Å². The second-order valence-electron chi connectivity index (χ2n) is 3.50. The molecule has 0 aromatic heterocycles. The van der Waals surface area contributed by atoms with E-state index in [1.165, 1.54) is 12.1 Å². The molecule has 0 bridgehead atoms. The first-order chi connectivity index (χ1) is 6.68. The zero-order chi connectivity index (χ0) is 10.1. The SMILES string of the molecule is O[C@H]1[C@H](O)CN[C@@H]1c1ccc(F)cc1. The van der Waals surface area contributed by atoms with E-state index in [0.29, 0.717) is 6.54 Å². The molecule has 1 fully saturated rings. The third kappa shape index (κ3) is 1.64. The second-order valence-corrected chi connectivity index (χ2v) is 3.50. The van der Waals surface area contributed by atoms with Crippen LogP contribution in [0.4, 0.5) is 4.39 Å². The summed E-state index contributed by atoms with van der Waals surface area (Å²) in [5.41, 5.74) is 0.787. The maximum atomic E-state index is 12.6. The van der Waals surface area contributed by atoms with Gasteiger partial charge in [0, 0.05) is 6.54 Å². The lowest BCUT2D eigenvalue weighted by atomic mass is 10.0. The fourth-order valence-corrected chi connectivity index (χ4v) is 1.70. The molecule has 0 aliphatic carbocycles. The first-order valence-electron chi connectivity index (χ1n) is 4.53. The van der Waals surface area contributed by atoms with Crippen molar-refractivity contribution in [1.82, 2.24) is 5.32 Å². The molecule has 3 N–H and O–H groups in total. The maximum Gasteiger partial charge on any atom is 0.123 e. The Balaban J connectivity index is 2.19. The van der Waals surface area contributed by atoms with Crippen LogP contribution in [0, 0.1) is 5.82 Å². The highest BCUT2D eigenvalue weighted by atomic mass is 19.1. The molecule has 1 saturated heterocycles. The molecule has 1 aromatic rings. The number of nitrogens with one attached hydrogen (secondary N) is 1. The molecule has 0 radical (unpaired) electrons. The van der Waals surface area contributed by atoms with Crippen molar-refractivity contribution in [3.8, 4) is 0 Å². The monoisotopic (exact) mass is 197 g/mol. The van der Waals surface area contributed by atoms with Crippen LogP contribution < -0.4 is 5.32 Å². The molecule has 0 amide bonds. The van der Waals surface area contributed by atoms with Crippen molar-refractivity contribution in [2.45, 2.75) is 18.2 Å².